The van der Waals surface area contributed by atoms with Gasteiger partial charge in [0, 0.05) is 12.6 Å². The highest BCUT2D eigenvalue weighted by Gasteiger charge is 2.21. The highest BCUT2D eigenvalue weighted by molar-refractivity contribution is 5.92. The van der Waals surface area contributed by atoms with Gasteiger partial charge in [-0.1, -0.05) is 42.8 Å². The molecule has 0 aliphatic rings. The molecule has 2 heterocycles. The van der Waals surface area contributed by atoms with Crippen LogP contribution in [-0.4, -0.2) is 25.8 Å². The molecule has 0 unspecified atom stereocenters. The Morgan fingerprint density at radius 1 is 1.23 bits per heavy atom. The zero-order chi connectivity index (χ0) is 18.8. The maximum absolute atomic E-state index is 12.5. The average molecular weight is 353 g/mol. The number of amides is 1. The Labute approximate surface area is 152 Å². The Morgan fingerprint density at radius 2 is 2.00 bits per heavy atom. The van der Waals surface area contributed by atoms with Gasteiger partial charge >= 0.3 is 0 Å². The van der Waals surface area contributed by atoms with Gasteiger partial charge in [-0.25, -0.2) is 0 Å². The van der Waals surface area contributed by atoms with E-state index in [9.17, 15) is 4.79 Å². The molecule has 7 heteroatoms. The van der Waals surface area contributed by atoms with E-state index < -0.39 is 6.04 Å². The molecule has 3 rings (SSSR count). The minimum Gasteiger partial charge on any atom is -0.339 e. The number of hydrogen-bond acceptors (Lipinski definition) is 5. The monoisotopic (exact) mass is 353 g/mol. The van der Waals surface area contributed by atoms with Crippen molar-refractivity contribution in [1.82, 2.24) is 25.2 Å². The zero-order valence-corrected chi connectivity index (χ0v) is 15.6. The fourth-order valence-electron chi connectivity index (χ4n) is 2.63. The van der Waals surface area contributed by atoms with E-state index in [1.807, 2.05) is 52.0 Å². The fourth-order valence-corrected chi connectivity index (χ4v) is 2.63. The van der Waals surface area contributed by atoms with Crippen molar-refractivity contribution in [2.45, 2.75) is 39.7 Å². The first-order valence-corrected chi connectivity index (χ1v) is 8.60. The average Bonchev–Trinajstić information content (AvgIpc) is 3.21. The number of nitrogens with zero attached hydrogens (tertiary/aromatic N) is 4. The highest BCUT2D eigenvalue weighted by atomic mass is 16.5. The Kier molecular flexibility index (Phi) is 4.88. The van der Waals surface area contributed by atoms with Crippen LogP contribution in [0.15, 0.2) is 34.9 Å². The van der Waals surface area contributed by atoms with Crippen molar-refractivity contribution in [1.29, 1.82) is 0 Å². The molecule has 1 N–H and O–H groups in total. The summed E-state index contributed by atoms with van der Waals surface area (Å²) in [6.07, 6.45) is 0. The number of rotatable bonds is 5. The second kappa shape index (κ2) is 7.11. The SMILES string of the molecule is Cc1cccc(-c2noc([C@H](C)NC(=O)c3cc(C(C)C)nn3C)n2)c1. The van der Waals surface area contributed by atoms with Gasteiger partial charge in [-0.2, -0.15) is 10.1 Å². The normalized spacial score (nSPS) is 12.4. The molecule has 26 heavy (non-hydrogen) atoms. The fraction of sp³-hybridized carbons (Fsp3) is 0.368. The molecule has 1 aromatic carbocycles. The van der Waals surface area contributed by atoms with Crippen molar-refractivity contribution in [2.24, 2.45) is 7.05 Å². The summed E-state index contributed by atoms with van der Waals surface area (Å²) >= 11 is 0. The lowest BCUT2D eigenvalue weighted by atomic mass is 10.1. The van der Waals surface area contributed by atoms with Crippen molar-refractivity contribution in [3.63, 3.8) is 0 Å². The smallest absolute Gasteiger partial charge is 0.270 e. The van der Waals surface area contributed by atoms with Gasteiger partial charge in [0.05, 0.1) is 5.69 Å². The van der Waals surface area contributed by atoms with E-state index in [0.29, 0.717) is 17.4 Å². The second-order valence-corrected chi connectivity index (χ2v) is 6.75. The Bertz CT molecular complexity index is 926. The summed E-state index contributed by atoms with van der Waals surface area (Å²) in [4.78, 5) is 17.0. The topological polar surface area (TPSA) is 85.8 Å². The van der Waals surface area contributed by atoms with Crippen LogP contribution in [0.5, 0.6) is 0 Å². The summed E-state index contributed by atoms with van der Waals surface area (Å²) < 4.78 is 6.92. The molecule has 0 aliphatic heterocycles. The Balaban J connectivity index is 1.74. The van der Waals surface area contributed by atoms with Gasteiger partial charge in [0.25, 0.3) is 5.91 Å². The van der Waals surface area contributed by atoms with Gasteiger partial charge in [0.15, 0.2) is 0 Å². The number of hydrogen-bond donors (Lipinski definition) is 1. The van der Waals surface area contributed by atoms with E-state index in [2.05, 4.69) is 20.6 Å². The van der Waals surface area contributed by atoms with Gasteiger partial charge in [-0.15, -0.1) is 0 Å². The van der Waals surface area contributed by atoms with E-state index in [1.54, 1.807) is 17.8 Å². The molecular weight excluding hydrogens is 330 g/mol. The quantitative estimate of drug-likeness (QED) is 0.760. The lowest BCUT2D eigenvalue weighted by Crippen LogP contribution is -2.28. The molecular formula is C19H23N5O2. The minimum atomic E-state index is -0.411. The molecule has 0 radical (unpaired) electrons. The number of carbonyl (C=O) groups is 1. The zero-order valence-electron chi connectivity index (χ0n) is 15.6. The number of carbonyl (C=O) groups excluding carboxylic acids is 1. The van der Waals surface area contributed by atoms with Gasteiger partial charge in [0.1, 0.15) is 11.7 Å². The second-order valence-electron chi connectivity index (χ2n) is 6.75. The summed E-state index contributed by atoms with van der Waals surface area (Å²) in [5.41, 5.74) is 3.38. The Hall–Kier alpha value is -2.96. The molecule has 2 aromatic heterocycles. The molecule has 3 aromatic rings. The van der Waals surface area contributed by atoms with Crippen LogP contribution in [0.4, 0.5) is 0 Å². The molecule has 0 aliphatic carbocycles. The minimum absolute atomic E-state index is 0.227. The van der Waals surface area contributed by atoms with Crippen LogP contribution in [0.2, 0.25) is 0 Å². The predicted molar refractivity (Wildman–Crippen MR) is 97.6 cm³/mol. The molecule has 0 bridgehead atoms. The first-order valence-electron chi connectivity index (χ1n) is 8.60. The molecule has 0 fully saturated rings. The van der Waals surface area contributed by atoms with Gasteiger partial charge < -0.3 is 9.84 Å². The van der Waals surface area contributed by atoms with Crippen LogP contribution < -0.4 is 5.32 Å². The molecule has 0 saturated carbocycles. The largest absolute Gasteiger partial charge is 0.339 e. The Morgan fingerprint density at radius 3 is 2.65 bits per heavy atom. The molecule has 7 nitrogen and oxygen atoms in total. The van der Waals surface area contributed by atoms with Crippen LogP contribution in [0.3, 0.4) is 0 Å². The number of nitrogens with one attached hydrogen (secondary N) is 1. The lowest BCUT2D eigenvalue weighted by Gasteiger charge is -2.09. The number of aromatic nitrogens is 4. The summed E-state index contributed by atoms with van der Waals surface area (Å²) in [6, 6.07) is 9.26. The predicted octanol–water partition coefficient (Wildman–Crippen LogP) is 3.39. The van der Waals surface area contributed by atoms with E-state index in [-0.39, 0.29) is 11.8 Å². The van der Waals surface area contributed by atoms with Crippen LogP contribution in [0, 0.1) is 6.92 Å². The van der Waals surface area contributed by atoms with E-state index in [1.165, 1.54) is 0 Å². The van der Waals surface area contributed by atoms with Crippen molar-refractivity contribution in [2.75, 3.05) is 0 Å². The van der Waals surface area contributed by atoms with E-state index in [4.69, 9.17) is 4.52 Å². The number of benzene rings is 1. The third kappa shape index (κ3) is 3.66. The van der Waals surface area contributed by atoms with Gasteiger partial charge in [-0.05, 0) is 31.9 Å². The highest BCUT2D eigenvalue weighted by Crippen LogP contribution is 2.20. The summed E-state index contributed by atoms with van der Waals surface area (Å²) in [7, 11) is 1.76. The lowest BCUT2D eigenvalue weighted by molar-refractivity contribution is 0.0923. The maximum Gasteiger partial charge on any atom is 0.270 e. The van der Waals surface area contributed by atoms with Crippen molar-refractivity contribution >= 4 is 5.91 Å². The molecule has 136 valence electrons. The summed E-state index contributed by atoms with van der Waals surface area (Å²) in [5, 5.41) is 11.3. The first-order chi connectivity index (χ1) is 12.3. The molecule has 0 spiro atoms. The first kappa shape index (κ1) is 17.8. The standard InChI is InChI=1S/C19H23N5O2/c1-11(2)15-10-16(24(5)22-15)18(25)20-13(4)19-21-17(23-26-19)14-8-6-7-12(3)9-14/h6-11,13H,1-5H3,(H,20,25)/t13-/m0/s1. The van der Waals surface area contributed by atoms with Gasteiger partial charge in [-0.3, -0.25) is 9.48 Å². The third-order valence-electron chi connectivity index (χ3n) is 4.16. The maximum atomic E-state index is 12.5. The van der Waals surface area contributed by atoms with Crippen LogP contribution in [-0.2, 0) is 7.05 Å². The molecule has 1 amide bonds. The van der Waals surface area contributed by atoms with Crippen molar-refractivity contribution < 1.29 is 9.32 Å². The molecule has 0 saturated heterocycles. The van der Waals surface area contributed by atoms with Gasteiger partial charge in [0.2, 0.25) is 11.7 Å². The molecule has 1 atom stereocenters. The van der Waals surface area contributed by atoms with Crippen LogP contribution in [0.25, 0.3) is 11.4 Å². The number of aryl methyl sites for hydroxylation is 2. The summed E-state index contributed by atoms with van der Waals surface area (Å²) in [5.74, 6) is 0.899. The van der Waals surface area contributed by atoms with Crippen LogP contribution >= 0.6 is 0 Å². The van der Waals surface area contributed by atoms with Crippen molar-refractivity contribution in [3.8, 4) is 11.4 Å². The van der Waals surface area contributed by atoms with Crippen LogP contribution in [0.1, 0.15) is 60.4 Å². The van der Waals surface area contributed by atoms with Crippen molar-refractivity contribution in [3.05, 3.63) is 53.2 Å². The van der Waals surface area contributed by atoms with E-state index >= 15 is 0 Å². The summed E-state index contributed by atoms with van der Waals surface area (Å²) in [6.45, 7) is 7.90. The third-order valence-corrected chi connectivity index (χ3v) is 4.16. The van der Waals surface area contributed by atoms with E-state index in [0.717, 1.165) is 16.8 Å².